The average Bonchev–Trinajstić information content (AvgIpc) is 3.16. The van der Waals surface area contributed by atoms with Gasteiger partial charge in [0.05, 0.1) is 11.2 Å². The molecule has 0 spiro atoms. The highest BCUT2D eigenvalue weighted by molar-refractivity contribution is 9.10. The van der Waals surface area contributed by atoms with Gasteiger partial charge < -0.3 is 5.32 Å². The first kappa shape index (κ1) is 12.2. The van der Waals surface area contributed by atoms with Gasteiger partial charge in [0.2, 0.25) is 0 Å². The highest BCUT2D eigenvalue weighted by atomic mass is 79.9. The predicted octanol–water partition coefficient (Wildman–Crippen LogP) is 3.70. The van der Waals surface area contributed by atoms with Gasteiger partial charge in [-0.15, -0.1) is 0 Å². The number of pyridine rings is 2. The van der Waals surface area contributed by atoms with E-state index in [2.05, 4.69) is 37.5 Å². The van der Waals surface area contributed by atoms with E-state index in [0.29, 0.717) is 4.75 Å². The van der Waals surface area contributed by atoms with Crippen molar-refractivity contribution in [2.45, 2.75) is 17.6 Å². The van der Waals surface area contributed by atoms with Crippen LogP contribution in [0.2, 0.25) is 0 Å². The van der Waals surface area contributed by atoms with Gasteiger partial charge in [0.25, 0.3) is 0 Å². The smallest absolute Gasteiger partial charge is 0.112 e. The molecule has 1 N–H and O–H groups in total. The third-order valence-corrected chi connectivity index (χ3v) is 5.24. The molecule has 0 atom stereocenters. The number of halogens is 1. The number of rotatable bonds is 4. The first-order valence-corrected chi connectivity index (χ1v) is 7.93. The fourth-order valence-corrected chi connectivity index (χ4v) is 3.04. The molecule has 0 radical (unpaired) electrons. The number of hydrogen-bond donors (Lipinski definition) is 1. The molecule has 1 saturated carbocycles. The van der Waals surface area contributed by atoms with Crippen molar-refractivity contribution in [2.75, 3.05) is 18.1 Å². The number of thioether (sulfide) groups is 1. The van der Waals surface area contributed by atoms with Crippen LogP contribution in [0, 0.1) is 0 Å². The van der Waals surface area contributed by atoms with E-state index in [1.807, 2.05) is 36.3 Å². The maximum absolute atomic E-state index is 4.45. The van der Waals surface area contributed by atoms with Gasteiger partial charge in [-0.2, -0.15) is 11.8 Å². The number of nitrogens with one attached hydrogen (secondary N) is 1. The predicted molar refractivity (Wildman–Crippen MR) is 81.2 cm³/mol. The summed E-state index contributed by atoms with van der Waals surface area (Å²) in [7, 11) is 0. The third kappa shape index (κ3) is 2.34. The van der Waals surface area contributed by atoms with Gasteiger partial charge in [-0.25, -0.2) is 0 Å². The van der Waals surface area contributed by atoms with Crippen molar-refractivity contribution < 1.29 is 0 Å². The molecule has 2 heterocycles. The van der Waals surface area contributed by atoms with Crippen LogP contribution >= 0.6 is 27.7 Å². The second-order valence-corrected chi connectivity index (χ2v) is 6.81. The lowest BCUT2D eigenvalue weighted by molar-refractivity contribution is 0.950. The molecule has 0 unspecified atom stereocenters. The molecule has 18 heavy (non-hydrogen) atoms. The van der Waals surface area contributed by atoms with E-state index in [1.54, 1.807) is 0 Å². The SMILES string of the molecule is CSC1(CNc2ccnc3cc(Br)cnc23)CC1. The Balaban J connectivity index is 1.87. The van der Waals surface area contributed by atoms with Crippen LogP contribution in [-0.2, 0) is 0 Å². The molecule has 94 valence electrons. The van der Waals surface area contributed by atoms with Crippen molar-refractivity contribution in [1.82, 2.24) is 9.97 Å². The molecule has 3 rings (SSSR count). The number of fused-ring (bicyclic) bond motifs is 1. The van der Waals surface area contributed by atoms with Crippen molar-refractivity contribution in [3.8, 4) is 0 Å². The van der Waals surface area contributed by atoms with E-state index in [4.69, 9.17) is 0 Å². The summed E-state index contributed by atoms with van der Waals surface area (Å²) in [6.45, 7) is 1.00. The third-order valence-electron chi connectivity index (χ3n) is 3.39. The Morgan fingerprint density at radius 3 is 3.00 bits per heavy atom. The van der Waals surface area contributed by atoms with Gasteiger partial charge in [-0.05, 0) is 47.2 Å². The Morgan fingerprint density at radius 2 is 2.28 bits per heavy atom. The summed E-state index contributed by atoms with van der Waals surface area (Å²) < 4.78 is 1.41. The fourth-order valence-electron chi connectivity index (χ4n) is 2.00. The molecule has 0 aromatic carbocycles. The maximum Gasteiger partial charge on any atom is 0.112 e. The largest absolute Gasteiger partial charge is 0.382 e. The molecule has 3 nitrogen and oxygen atoms in total. The fraction of sp³-hybridized carbons (Fsp3) is 0.385. The Morgan fingerprint density at radius 1 is 1.44 bits per heavy atom. The zero-order valence-corrected chi connectivity index (χ0v) is 12.5. The number of aromatic nitrogens is 2. The van der Waals surface area contributed by atoms with E-state index in [-0.39, 0.29) is 0 Å². The number of anilines is 1. The summed E-state index contributed by atoms with van der Waals surface area (Å²) in [4.78, 5) is 8.79. The number of hydrogen-bond acceptors (Lipinski definition) is 4. The van der Waals surface area contributed by atoms with Crippen LogP contribution in [0.5, 0.6) is 0 Å². The minimum absolute atomic E-state index is 0.449. The topological polar surface area (TPSA) is 37.8 Å². The zero-order valence-electron chi connectivity index (χ0n) is 10.1. The lowest BCUT2D eigenvalue weighted by atomic mass is 10.2. The highest BCUT2D eigenvalue weighted by Gasteiger charge is 2.41. The van der Waals surface area contributed by atoms with E-state index >= 15 is 0 Å². The van der Waals surface area contributed by atoms with E-state index in [9.17, 15) is 0 Å². The molecule has 5 heteroatoms. The summed E-state index contributed by atoms with van der Waals surface area (Å²) in [5, 5.41) is 3.52. The first-order valence-electron chi connectivity index (χ1n) is 5.92. The monoisotopic (exact) mass is 323 g/mol. The Bertz CT molecular complexity index is 583. The van der Waals surface area contributed by atoms with Gasteiger partial charge in [0.1, 0.15) is 5.52 Å². The number of nitrogens with zero attached hydrogens (tertiary/aromatic N) is 2. The molecule has 2 aromatic heterocycles. The summed E-state index contributed by atoms with van der Waals surface area (Å²) in [5.74, 6) is 0. The highest BCUT2D eigenvalue weighted by Crippen LogP contribution is 2.47. The lowest BCUT2D eigenvalue weighted by Crippen LogP contribution is -2.17. The maximum atomic E-state index is 4.45. The molecular formula is C13H14BrN3S. The Kier molecular flexibility index (Phi) is 3.20. The molecule has 1 aliphatic carbocycles. The summed E-state index contributed by atoms with van der Waals surface area (Å²) >= 11 is 5.38. The van der Waals surface area contributed by atoms with Crippen molar-refractivity contribution in [1.29, 1.82) is 0 Å². The standard InChI is InChI=1S/C13H14BrN3S/c1-18-13(3-4-13)8-17-10-2-5-15-11-6-9(14)7-16-12(10)11/h2,5-7H,3-4,8H2,1H3,(H,15,17). The molecule has 0 amide bonds. The van der Waals surface area contributed by atoms with Crippen LogP contribution in [0.3, 0.4) is 0 Å². The van der Waals surface area contributed by atoms with Crippen LogP contribution in [0.25, 0.3) is 11.0 Å². The Hall–Kier alpha value is -0.810. The van der Waals surface area contributed by atoms with Crippen LogP contribution in [0.15, 0.2) is 29.0 Å². The molecule has 0 saturated heterocycles. The van der Waals surface area contributed by atoms with Gasteiger partial charge in [-0.3, -0.25) is 9.97 Å². The molecule has 1 aliphatic rings. The van der Waals surface area contributed by atoms with Gasteiger partial charge >= 0.3 is 0 Å². The van der Waals surface area contributed by atoms with Crippen molar-refractivity contribution in [3.63, 3.8) is 0 Å². The van der Waals surface area contributed by atoms with E-state index in [1.165, 1.54) is 12.8 Å². The quantitative estimate of drug-likeness (QED) is 0.931. The van der Waals surface area contributed by atoms with Crippen LogP contribution in [0.4, 0.5) is 5.69 Å². The van der Waals surface area contributed by atoms with Crippen LogP contribution in [0.1, 0.15) is 12.8 Å². The van der Waals surface area contributed by atoms with E-state index < -0.39 is 0 Å². The van der Waals surface area contributed by atoms with Crippen molar-refractivity contribution in [3.05, 3.63) is 29.0 Å². The molecular weight excluding hydrogens is 310 g/mol. The first-order chi connectivity index (χ1) is 8.72. The van der Waals surface area contributed by atoms with Gasteiger partial charge in [-0.1, -0.05) is 0 Å². The lowest BCUT2D eigenvalue weighted by Gasteiger charge is -2.15. The second-order valence-electron chi connectivity index (χ2n) is 4.62. The molecule has 0 bridgehead atoms. The molecule has 1 fully saturated rings. The van der Waals surface area contributed by atoms with Crippen molar-refractivity contribution in [2.24, 2.45) is 0 Å². The average molecular weight is 324 g/mol. The minimum Gasteiger partial charge on any atom is -0.382 e. The summed E-state index contributed by atoms with van der Waals surface area (Å²) in [6, 6.07) is 3.99. The normalized spacial score (nSPS) is 16.8. The van der Waals surface area contributed by atoms with Crippen molar-refractivity contribution >= 4 is 44.4 Å². The van der Waals surface area contributed by atoms with E-state index in [0.717, 1.165) is 27.7 Å². The van der Waals surface area contributed by atoms with Gasteiger partial charge in [0.15, 0.2) is 0 Å². The van der Waals surface area contributed by atoms with Crippen LogP contribution < -0.4 is 5.32 Å². The van der Waals surface area contributed by atoms with Crippen LogP contribution in [-0.4, -0.2) is 27.5 Å². The molecule has 0 aliphatic heterocycles. The Labute approximate surface area is 119 Å². The summed E-state index contributed by atoms with van der Waals surface area (Å²) in [5.41, 5.74) is 2.94. The second kappa shape index (κ2) is 4.70. The molecule has 2 aromatic rings. The zero-order chi connectivity index (χ0) is 12.6. The summed E-state index contributed by atoms with van der Waals surface area (Å²) in [6.07, 6.45) is 8.45. The van der Waals surface area contributed by atoms with Gasteiger partial charge in [0, 0.05) is 28.2 Å². The minimum atomic E-state index is 0.449.